The van der Waals surface area contributed by atoms with E-state index in [1.54, 1.807) is 20.2 Å². The van der Waals surface area contributed by atoms with Crippen molar-refractivity contribution in [3.8, 4) is 5.75 Å². The Hall–Kier alpha value is -5.36. The van der Waals surface area contributed by atoms with Crippen LogP contribution >= 0.6 is 11.6 Å². The third-order valence-electron chi connectivity index (χ3n) is 11.1. The summed E-state index contributed by atoms with van der Waals surface area (Å²) in [6.45, 7) is 6.90. The van der Waals surface area contributed by atoms with Crippen LogP contribution in [0.4, 0.5) is 23.1 Å². The lowest BCUT2D eigenvalue weighted by atomic mass is 9.85. The normalized spacial score (nSPS) is 19.2. The summed E-state index contributed by atoms with van der Waals surface area (Å²) in [5, 5.41) is 6.74. The van der Waals surface area contributed by atoms with E-state index in [1.807, 2.05) is 69.3 Å². The molecule has 7 rings (SSSR count). The predicted molar refractivity (Wildman–Crippen MR) is 215 cm³/mol. The van der Waals surface area contributed by atoms with Gasteiger partial charge in [-0.25, -0.2) is 4.98 Å². The minimum absolute atomic E-state index is 0.0631. The molecule has 3 aromatic carbocycles. The second kappa shape index (κ2) is 17.4. The van der Waals surface area contributed by atoms with Crippen molar-refractivity contribution in [2.75, 3.05) is 74.6 Å². The minimum atomic E-state index is -0.458. The molecule has 2 N–H and O–H groups in total. The van der Waals surface area contributed by atoms with Crippen LogP contribution in [0.1, 0.15) is 43.2 Å². The molecule has 0 aliphatic carbocycles. The number of carbonyl (C=O) groups is 3. The number of piperazine rings is 1. The van der Waals surface area contributed by atoms with Gasteiger partial charge in [0.15, 0.2) is 5.82 Å². The Morgan fingerprint density at radius 3 is 2.22 bits per heavy atom. The topological polar surface area (TPSA) is 123 Å². The smallest absolute Gasteiger partial charge is 0.229 e. The van der Waals surface area contributed by atoms with Gasteiger partial charge in [0.05, 0.1) is 30.8 Å². The van der Waals surface area contributed by atoms with Crippen molar-refractivity contribution in [2.45, 2.75) is 38.6 Å². The molecule has 3 amide bonds. The lowest BCUT2D eigenvalue weighted by molar-refractivity contribution is -0.138. The molecule has 0 saturated carbocycles. The zero-order valence-corrected chi connectivity index (χ0v) is 32.3. The number of likely N-dealkylation sites (tertiary alicyclic amines) is 1. The maximum Gasteiger partial charge on any atom is 0.229 e. The fourth-order valence-corrected chi connectivity index (χ4v) is 8.22. The van der Waals surface area contributed by atoms with Crippen molar-refractivity contribution in [3.05, 3.63) is 101 Å². The molecule has 1 aromatic heterocycles. The van der Waals surface area contributed by atoms with E-state index >= 15 is 0 Å². The maximum atomic E-state index is 14.2. The molecule has 4 heterocycles. The number of aromatic nitrogens is 2. The van der Waals surface area contributed by atoms with Crippen molar-refractivity contribution in [1.82, 2.24) is 25.1 Å². The number of methoxy groups -OCH3 is 1. The molecule has 3 saturated heterocycles. The Labute approximate surface area is 327 Å². The Kier molecular flexibility index (Phi) is 12.0. The maximum absolute atomic E-state index is 14.2. The van der Waals surface area contributed by atoms with Gasteiger partial charge in [0.2, 0.25) is 23.7 Å². The van der Waals surface area contributed by atoms with E-state index < -0.39 is 11.8 Å². The first kappa shape index (κ1) is 37.9. The molecule has 3 aliphatic heterocycles. The first-order valence-electron chi connectivity index (χ1n) is 19.1. The molecule has 2 atom stereocenters. The van der Waals surface area contributed by atoms with Crippen molar-refractivity contribution in [1.29, 1.82) is 0 Å². The molecular weight excluding hydrogens is 716 g/mol. The zero-order chi connectivity index (χ0) is 38.3. The van der Waals surface area contributed by atoms with Gasteiger partial charge in [0.25, 0.3) is 0 Å². The van der Waals surface area contributed by atoms with Crippen LogP contribution in [0.2, 0.25) is 5.02 Å². The number of rotatable bonds is 10. The number of amides is 3. The van der Waals surface area contributed by atoms with Crippen LogP contribution in [0.3, 0.4) is 0 Å². The van der Waals surface area contributed by atoms with E-state index in [-0.39, 0.29) is 17.7 Å². The van der Waals surface area contributed by atoms with Crippen LogP contribution in [0.5, 0.6) is 5.75 Å². The SMILES string of the molecule is COc1cc(N2CCN(C(C)=O)CC2)ccc1Nc1ncc(Cl)c(N2C[C@@H](C(=O)NCc3ccccc3)C[C@@H](C(=O)N3CCC(c4ccccc4)CC3)C2)n1. The first-order chi connectivity index (χ1) is 26.7. The fraction of sp³-hybridized carbons (Fsp3) is 0.405. The number of nitrogens with one attached hydrogen (secondary N) is 2. The summed E-state index contributed by atoms with van der Waals surface area (Å²) in [7, 11) is 1.62. The average Bonchev–Trinajstić information content (AvgIpc) is 3.24. The van der Waals surface area contributed by atoms with Gasteiger partial charge in [-0.2, -0.15) is 4.98 Å². The molecule has 12 nitrogen and oxygen atoms in total. The number of carbonyl (C=O) groups excluding carboxylic acids is 3. The fourth-order valence-electron chi connectivity index (χ4n) is 8.01. The van der Waals surface area contributed by atoms with Crippen molar-refractivity contribution in [2.24, 2.45) is 11.8 Å². The van der Waals surface area contributed by atoms with Gasteiger partial charge < -0.3 is 35.0 Å². The molecule has 4 aromatic rings. The third-order valence-corrected chi connectivity index (χ3v) is 11.4. The molecule has 0 radical (unpaired) electrons. The summed E-state index contributed by atoms with van der Waals surface area (Å²) in [6, 6.07) is 26.2. The average molecular weight is 765 g/mol. The molecule has 0 bridgehead atoms. The quantitative estimate of drug-likeness (QED) is 0.209. The van der Waals surface area contributed by atoms with E-state index in [4.69, 9.17) is 21.3 Å². The molecule has 3 fully saturated rings. The summed E-state index contributed by atoms with van der Waals surface area (Å²) >= 11 is 6.80. The van der Waals surface area contributed by atoms with Crippen LogP contribution < -0.4 is 25.2 Å². The second-order valence-electron chi connectivity index (χ2n) is 14.6. The number of ether oxygens (including phenoxy) is 1. The summed E-state index contributed by atoms with van der Waals surface area (Å²) in [6.07, 6.45) is 3.79. The monoisotopic (exact) mass is 764 g/mol. The molecule has 0 spiro atoms. The molecule has 55 heavy (non-hydrogen) atoms. The van der Waals surface area contributed by atoms with E-state index in [1.165, 1.54) is 5.56 Å². The number of anilines is 4. The van der Waals surface area contributed by atoms with Crippen molar-refractivity contribution >= 4 is 52.5 Å². The molecule has 0 unspecified atom stereocenters. The van der Waals surface area contributed by atoms with Gasteiger partial charge in [-0.3, -0.25) is 14.4 Å². The van der Waals surface area contributed by atoms with Crippen molar-refractivity contribution < 1.29 is 19.1 Å². The Morgan fingerprint density at radius 1 is 0.836 bits per heavy atom. The van der Waals surface area contributed by atoms with Gasteiger partial charge in [-0.05, 0) is 48.4 Å². The van der Waals surface area contributed by atoms with Gasteiger partial charge in [0, 0.05) is 77.6 Å². The molecular formula is C42H49ClN8O4. The zero-order valence-electron chi connectivity index (χ0n) is 31.5. The Balaban J connectivity index is 1.08. The largest absolute Gasteiger partial charge is 0.494 e. The summed E-state index contributed by atoms with van der Waals surface area (Å²) in [4.78, 5) is 57.2. The third kappa shape index (κ3) is 9.13. The number of nitrogens with zero attached hydrogens (tertiary/aromatic N) is 6. The number of hydrogen-bond donors (Lipinski definition) is 2. The van der Waals surface area contributed by atoms with E-state index in [0.29, 0.717) is 86.4 Å². The number of benzene rings is 3. The van der Waals surface area contributed by atoms with Gasteiger partial charge >= 0.3 is 0 Å². The van der Waals surface area contributed by atoms with Crippen LogP contribution in [-0.2, 0) is 20.9 Å². The van der Waals surface area contributed by atoms with E-state index in [0.717, 1.165) is 37.2 Å². The van der Waals surface area contributed by atoms with Gasteiger partial charge in [0.1, 0.15) is 10.8 Å². The Bertz CT molecular complexity index is 1950. The molecule has 13 heteroatoms. The Morgan fingerprint density at radius 2 is 1.53 bits per heavy atom. The van der Waals surface area contributed by atoms with E-state index in [2.05, 4.69) is 44.8 Å². The highest BCUT2D eigenvalue weighted by atomic mass is 35.5. The van der Waals surface area contributed by atoms with E-state index in [9.17, 15) is 14.4 Å². The predicted octanol–water partition coefficient (Wildman–Crippen LogP) is 5.72. The highest BCUT2D eigenvalue weighted by Gasteiger charge is 2.39. The van der Waals surface area contributed by atoms with Gasteiger partial charge in [-0.1, -0.05) is 72.3 Å². The molecule has 3 aliphatic rings. The van der Waals surface area contributed by atoms with Crippen LogP contribution in [-0.4, -0.2) is 97.0 Å². The number of halogens is 1. The summed E-state index contributed by atoms with van der Waals surface area (Å²) in [5.41, 5.74) is 3.99. The summed E-state index contributed by atoms with van der Waals surface area (Å²) in [5.74, 6) is 0.976. The molecule has 288 valence electrons. The number of piperidine rings is 2. The highest BCUT2D eigenvalue weighted by molar-refractivity contribution is 6.32. The second-order valence-corrected chi connectivity index (χ2v) is 15.0. The number of hydrogen-bond acceptors (Lipinski definition) is 9. The van der Waals surface area contributed by atoms with Gasteiger partial charge in [-0.15, -0.1) is 0 Å². The van der Waals surface area contributed by atoms with Crippen molar-refractivity contribution in [3.63, 3.8) is 0 Å². The minimum Gasteiger partial charge on any atom is -0.494 e. The standard InChI is InChI=1S/C42H49ClN8O4/c1-29(52)48-19-21-49(22-20-48)35-13-14-37(38(24-35)55-2)46-42-45-26-36(43)39(47-42)51-27-33(40(53)44-25-30-9-5-3-6-10-30)23-34(28-51)41(54)50-17-15-32(16-18-50)31-11-7-4-8-12-31/h3-14,24,26,32-34H,15-23,25,27-28H2,1-2H3,(H,44,53)(H,45,46,47)/t33-,34+/m0/s1. The van der Waals surface area contributed by atoms with Crippen LogP contribution in [0.15, 0.2) is 85.1 Å². The van der Waals surface area contributed by atoms with Crippen LogP contribution in [0, 0.1) is 11.8 Å². The van der Waals surface area contributed by atoms with Crippen LogP contribution in [0.25, 0.3) is 0 Å². The summed E-state index contributed by atoms with van der Waals surface area (Å²) < 4.78 is 5.77. The lowest BCUT2D eigenvalue weighted by Gasteiger charge is -2.41. The lowest BCUT2D eigenvalue weighted by Crippen LogP contribution is -2.52. The first-order valence-corrected chi connectivity index (χ1v) is 19.5. The highest BCUT2D eigenvalue weighted by Crippen LogP contribution is 2.36.